The van der Waals surface area contributed by atoms with E-state index in [1.54, 1.807) is 24.3 Å². The van der Waals surface area contributed by atoms with Gasteiger partial charge in [0.05, 0.1) is 0 Å². The fraction of sp³-hybridized carbons (Fsp3) is 0.364. The van der Waals surface area contributed by atoms with Crippen molar-refractivity contribution >= 4 is 11.6 Å². The lowest BCUT2D eigenvalue weighted by molar-refractivity contribution is -0.118. The van der Waals surface area contributed by atoms with Crippen LogP contribution in [0.15, 0.2) is 24.3 Å². The first-order valence-electron chi connectivity index (χ1n) is 4.86. The third kappa shape index (κ3) is 1.02. The molecule has 1 N–H and O–H groups in total. The number of phenolic OH excluding ortho intramolecular Hbond substituents is 1. The molecule has 0 radical (unpaired) electrons. The molecule has 3 nitrogen and oxygen atoms in total. The monoisotopic (exact) mass is 189 g/mol. The maximum absolute atomic E-state index is 11.7. The summed E-state index contributed by atoms with van der Waals surface area (Å²) in [6.07, 6.45) is 1.08. The minimum absolute atomic E-state index is 0.241. The fourth-order valence-electron chi connectivity index (χ4n) is 2.14. The Morgan fingerprint density at radius 3 is 2.57 bits per heavy atom. The first-order valence-corrected chi connectivity index (χ1v) is 4.86. The Labute approximate surface area is 82.0 Å². The summed E-state index contributed by atoms with van der Waals surface area (Å²) in [4.78, 5) is 13.5. The molecule has 1 saturated carbocycles. The fourth-order valence-corrected chi connectivity index (χ4v) is 2.14. The topological polar surface area (TPSA) is 40.5 Å². The van der Waals surface area contributed by atoms with E-state index in [4.69, 9.17) is 5.11 Å². The number of piperidine rings is 1. The predicted molar refractivity (Wildman–Crippen MR) is 52.1 cm³/mol. The van der Waals surface area contributed by atoms with Crippen LogP contribution in [0.5, 0.6) is 5.75 Å². The highest BCUT2D eigenvalue weighted by molar-refractivity contribution is 5.99. The van der Waals surface area contributed by atoms with E-state index >= 15 is 0 Å². The summed E-state index contributed by atoms with van der Waals surface area (Å²) >= 11 is 0. The van der Waals surface area contributed by atoms with Gasteiger partial charge in [0, 0.05) is 18.2 Å². The van der Waals surface area contributed by atoms with Crippen molar-refractivity contribution in [2.75, 3.05) is 11.4 Å². The summed E-state index contributed by atoms with van der Waals surface area (Å²) in [6.45, 7) is 0.855. The smallest absolute Gasteiger partial charge is 0.230 e. The quantitative estimate of drug-likeness (QED) is 0.725. The van der Waals surface area contributed by atoms with Crippen molar-refractivity contribution in [1.82, 2.24) is 0 Å². The number of rotatable bonds is 1. The normalized spacial score (nSPS) is 29.1. The Morgan fingerprint density at radius 1 is 1.29 bits per heavy atom. The van der Waals surface area contributed by atoms with Crippen LogP contribution in [0.2, 0.25) is 0 Å². The van der Waals surface area contributed by atoms with Gasteiger partial charge in [-0.1, -0.05) is 0 Å². The number of hydrogen-bond acceptors (Lipinski definition) is 2. The summed E-state index contributed by atoms with van der Waals surface area (Å²) in [5.74, 6) is 1.38. The van der Waals surface area contributed by atoms with E-state index in [1.807, 2.05) is 4.90 Å². The summed E-state index contributed by atoms with van der Waals surface area (Å²) in [6, 6.07) is 6.81. The van der Waals surface area contributed by atoms with Crippen LogP contribution in [-0.4, -0.2) is 17.6 Å². The van der Waals surface area contributed by atoms with Crippen molar-refractivity contribution in [2.45, 2.75) is 6.42 Å². The molecule has 0 spiro atoms. The minimum Gasteiger partial charge on any atom is -0.508 e. The van der Waals surface area contributed by atoms with Crippen LogP contribution in [0.25, 0.3) is 0 Å². The predicted octanol–water partition coefficient (Wildman–Crippen LogP) is 1.37. The second-order valence-electron chi connectivity index (χ2n) is 4.07. The maximum atomic E-state index is 11.7. The zero-order valence-corrected chi connectivity index (χ0v) is 7.68. The van der Waals surface area contributed by atoms with Crippen molar-refractivity contribution in [3.8, 4) is 5.75 Å². The molecule has 72 valence electrons. The van der Waals surface area contributed by atoms with E-state index in [0.29, 0.717) is 11.8 Å². The minimum atomic E-state index is 0.241. The second kappa shape index (κ2) is 2.50. The molecule has 0 aromatic heterocycles. The number of phenols is 1. The molecule has 3 rings (SSSR count). The second-order valence-corrected chi connectivity index (χ2v) is 4.07. The van der Waals surface area contributed by atoms with Gasteiger partial charge in [-0.3, -0.25) is 4.79 Å². The molecule has 1 amide bonds. The molecule has 2 fully saturated rings. The highest BCUT2D eigenvalue weighted by Gasteiger charge is 2.52. The lowest BCUT2D eigenvalue weighted by Crippen LogP contribution is -2.27. The van der Waals surface area contributed by atoms with Crippen molar-refractivity contribution in [2.24, 2.45) is 11.8 Å². The van der Waals surface area contributed by atoms with E-state index in [2.05, 4.69) is 0 Å². The van der Waals surface area contributed by atoms with Gasteiger partial charge in [-0.05, 0) is 36.6 Å². The lowest BCUT2D eigenvalue weighted by atomic mass is 10.2. The van der Waals surface area contributed by atoms with Crippen LogP contribution in [0, 0.1) is 11.8 Å². The maximum Gasteiger partial charge on any atom is 0.230 e. The highest BCUT2D eigenvalue weighted by Crippen LogP contribution is 2.47. The molecule has 1 aromatic rings. The zero-order valence-electron chi connectivity index (χ0n) is 7.68. The Balaban J connectivity index is 1.89. The molecule has 1 aromatic carbocycles. The van der Waals surface area contributed by atoms with Crippen molar-refractivity contribution in [3.63, 3.8) is 0 Å². The Kier molecular flexibility index (Phi) is 1.40. The molecule has 1 saturated heterocycles. The van der Waals surface area contributed by atoms with Gasteiger partial charge in [-0.15, -0.1) is 0 Å². The first-order chi connectivity index (χ1) is 6.75. The standard InChI is InChI=1S/C11H11NO2/c13-9-3-1-8(2-4-9)12-6-7-5-10(7)11(12)14/h1-4,7,10,13H,5-6H2. The van der Waals surface area contributed by atoms with Crippen molar-refractivity contribution in [3.05, 3.63) is 24.3 Å². The number of anilines is 1. The molecule has 1 aliphatic heterocycles. The number of amides is 1. The van der Waals surface area contributed by atoms with Crippen LogP contribution < -0.4 is 4.90 Å². The number of fused-ring (bicyclic) bond motifs is 1. The van der Waals surface area contributed by atoms with Crippen molar-refractivity contribution < 1.29 is 9.90 Å². The molecule has 2 atom stereocenters. The Bertz CT molecular complexity index is 385. The number of aromatic hydroxyl groups is 1. The van der Waals surface area contributed by atoms with Crippen LogP contribution in [0.4, 0.5) is 5.69 Å². The molecule has 3 heteroatoms. The molecule has 2 unspecified atom stereocenters. The van der Waals surface area contributed by atoms with Gasteiger partial charge in [0.2, 0.25) is 5.91 Å². The molecule has 14 heavy (non-hydrogen) atoms. The number of nitrogens with zero attached hydrogens (tertiary/aromatic N) is 1. The third-order valence-corrected chi connectivity index (χ3v) is 3.08. The van der Waals surface area contributed by atoms with Gasteiger partial charge in [0.15, 0.2) is 0 Å². The van der Waals surface area contributed by atoms with E-state index in [-0.39, 0.29) is 11.7 Å². The number of hydrogen-bond donors (Lipinski definition) is 1. The largest absolute Gasteiger partial charge is 0.508 e. The van der Waals surface area contributed by atoms with E-state index in [9.17, 15) is 4.79 Å². The number of carbonyl (C=O) groups excluding carboxylic acids is 1. The van der Waals surface area contributed by atoms with Gasteiger partial charge < -0.3 is 10.0 Å². The lowest BCUT2D eigenvalue weighted by Gasteiger charge is -2.17. The zero-order chi connectivity index (χ0) is 9.71. The molecule has 2 aliphatic rings. The third-order valence-electron chi connectivity index (χ3n) is 3.08. The number of carbonyl (C=O) groups is 1. The summed E-state index contributed by atoms with van der Waals surface area (Å²) in [5.41, 5.74) is 0.903. The SMILES string of the molecule is O=C1C2CC2CN1c1ccc(O)cc1. The molecular weight excluding hydrogens is 178 g/mol. The molecule has 1 aliphatic carbocycles. The van der Waals surface area contributed by atoms with Crippen LogP contribution >= 0.6 is 0 Å². The summed E-state index contributed by atoms with van der Waals surface area (Å²) in [5, 5.41) is 9.12. The van der Waals surface area contributed by atoms with E-state index in [0.717, 1.165) is 18.7 Å². The number of benzene rings is 1. The molecule has 0 bridgehead atoms. The summed E-state index contributed by atoms with van der Waals surface area (Å²) < 4.78 is 0. The molecule has 1 heterocycles. The van der Waals surface area contributed by atoms with Crippen LogP contribution in [-0.2, 0) is 4.79 Å². The average molecular weight is 189 g/mol. The average Bonchev–Trinajstić information content (AvgIpc) is 2.88. The van der Waals surface area contributed by atoms with Crippen LogP contribution in [0.1, 0.15) is 6.42 Å². The Morgan fingerprint density at radius 2 is 2.00 bits per heavy atom. The Hall–Kier alpha value is -1.51. The summed E-state index contributed by atoms with van der Waals surface area (Å²) in [7, 11) is 0. The van der Waals surface area contributed by atoms with Crippen molar-refractivity contribution in [1.29, 1.82) is 0 Å². The van der Waals surface area contributed by atoms with E-state index < -0.39 is 0 Å². The first kappa shape index (κ1) is 7.85. The van der Waals surface area contributed by atoms with Crippen LogP contribution in [0.3, 0.4) is 0 Å². The van der Waals surface area contributed by atoms with Gasteiger partial charge in [-0.2, -0.15) is 0 Å². The van der Waals surface area contributed by atoms with Gasteiger partial charge in [0.1, 0.15) is 5.75 Å². The van der Waals surface area contributed by atoms with Gasteiger partial charge >= 0.3 is 0 Å². The highest BCUT2D eigenvalue weighted by atomic mass is 16.3. The van der Waals surface area contributed by atoms with Gasteiger partial charge in [0.25, 0.3) is 0 Å². The molecular formula is C11H11NO2. The van der Waals surface area contributed by atoms with E-state index in [1.165, 1.54) is 0 Å². The van der Waals surface area contributed by atoms with Gasteiger partial charge in [-0.25, -0.2) is 0 Å².